The van der Waals surface area contributed by atoms with E-state index < -0.39 is 18.0 Å². The molecule has 1 N–H and O–H groups in total. The highest BCUT2D eigenvalue weighted by Crippen LogP contribution is 2.06. The number of carbonyl (C=O) groups is 2. The lowest BCUT2D eigenvalue weighted by molar-refractivity contribution is -0.904. The Bertz CT molecular complexity index is 260. The summed E-state index contributed by atoms with van der Waals surface area (Å²) >= 11 is 0. The molecule has 0 aromatic carbocycles. The number of esters is 1. The second-order valence-corrected chi connectivity index (χ2v) is 3.89. The number of carboxylic acids is 1. The topological polar surface area (TPSA) is 63.6 Å². The summed E-state index contributed by atoms with van der Waals surface area (Å²) in [4.78, 5) is 21.5. The maximum absolute atomic E-state index is 10.8. The Hall–Kier alpha value is -1.36. The fraction of sp³-hybridized carbons (Fsp3) is 0.600. The molecule has 0 rings (SSSR count). The molecule has 0 aliphatic heterocycles. The van der Waals surface area contributed by atoms with E-state index in [0.29, 0.717) is 6.54 Å². The van der Waals surface area contributed by atoms with Gasteiger partial charge in [-0.1, -0.05) is 6.58 Å². The van der Waals surface area contributed by atoms with Crippen LogP contribution < -0.4 is 0 Å². The molecular formula is C10H18NO4+. The Morgan fingerprint density at radius 1 is 1.53 bits per heavy atom. The highest BCUT2D eigenvalue weighted by atomic mass is 16.5. The van der Waals surface area contributed by atoms with Gasteiger partial charge in [-0.15, -0.1) is 0 Å². The first-order valence-corrected chi connectivity index (χ1v) is 4.66. The minimum atomic E-state index is -0.866. The second kappa shape index (κ2) is 5.50. The number of carbonyl (C=O) groups excluding carboxylic acids is 1. The van der Waals surface area contributed by atoms with E-state index in [-0.39, 0.29) is 11.1 Å². The predicted octanol–water partition coefficient (Wildman–Crippen LogP) is 0.265. The Morgan fingerprint density at radius 3 is 2.47 bits per heavy atom. The first kappa shape index (κ1) is 13.6. The molecule has 0 radical (unpaired) electrons. The third kappa shape index (κ3) is 4.60. The summed E-state index contributed by atoms with van der Waals surface area (Å²) in [6.07, 6.45) is 1.08. The molecule has 0 bridgehead atoms. The van der Waals surface area contributed by atoms with Crippen molar-refractivity contribution in [2.24, 2.45) is 0 Å². The number of likely N-dealkylation sites (N-methyl/N-ethyl adjacent to an activating group) is 1. The maximum Gasteiger partial charge on any atom is 0.362 e. The molecule has 86 valence electrons. The van der Waals surface area contributed by atoms with Crippen molar-refractivity contribution < 1.29 is 23.9 Å². The molecule has 5 heteroatoms. The Kier molecular flexibility index (Phi) is 5.00. The number of aliphatic carboxylic acids is 1. The monoisotopic (exact) mass is 216 g/mol. The molecule has 0 amide bonds. The van der Waals surface area contributed by atoms with E-state index in [1.54, 1.807) is 21.0 Å². The number of hydrogen-bond acceptors (Lipinski definition) is 3. The van der Waals surface area contributed by atoms with Gasteiger partial charge in [0.1, 0.15) is 13.2 Å². The van der Waals surface area contributed by atoms with E-state index in [0.717, 1.165) is 6.08 Å². The highest BCUT2D eigenvalue weighted by molar-refractivity contribution is 5.81. The van der Waals surface area contributed by atoms with Crippen LogP contribution in [0.3, 0.4) is 0 Å². The molecule has 0 aromatic heterocycles. The molecule has 1 atom stereocenters. The standard InChI is InChI=1S/C10H17NO4/c1-5-9(12)15-7-6-11(3,4)8(2)10(13)14/h5,8H,1,6-7H2,2-4H3/p+1. The Balaban J connectivity index is 4.09. The number of ether oxygens (including phenoxy) is 1. The average molecular weight is 216 g/mol. The van der Waals surface area contributed by atoms with Crippen LogP contribution in [0, 0.1) is 0 Å². The molecule has 0 heterocycles. The van der Waals surface area contributed by atoms with Gasteiger partial charge in [-0.05, 0) is 6.92 Å². The third-order valence-corrected chi connectivity index (χ3v) is 2.48. The molecule has 0 fully saturated rings. The normalized spacial score (nSPS) is 13.0. The first-order valence-electron chi connectivity index (χ1n) is 4.66. The van der Waals surface area contributed by atoms with Gasteiger partial charge in [0.15, 0.2) is 6.04 Å². The number of carboxylic acid groups (broad SMARTS) is 1. The lowest BCUT2D eigenvalue weighted by atomic mass is 10.2. The van der Waals surface area contributed by atoms with Crippen LogP contribution >= 0.6 is 0 Å². The molecule has 0 aliphatic rings. The molecule has 1 unspecified atom stereocenters. The number of nitrogens with zero attached hydrogens (tertiary/aromatic N) is 1. The van der Waals surface area contributed by atoms with Gasteiger partial charge in [0, 0.05) is 6.08 Å². The summed E-state index contributed by atoms with van der Waals surface area (Å²) in [7, 11) is 3.56. The van der Waals surface area contributed by atoms with Gasteiger partial charge in [-0.25, -0.2) is 9.59 Å². The van der Waals surface area contributed by atoms with Crippen LogP contribution in [-0.2, 0) is 14.3 Å². The SMILES string of the molecule is C=CC(=O)OCC[N+](C)(C)C(C)C(=O)O. The van der Waals surface area contributed by atoms with Gasteiger partial charge in [-0.3, -0.25) is 0 Å². The van der Waals surface area contributed by atoms with Gasteiger partial charge in [-0.2, -0.15) is 0 Å². The smallest absolute Gasteiger partial charge is 0.362 e. The van der Waals surface area contributed by atoms with Crippen LogP contribution in [0.25, 0.3) is 0 Å². The van der Waals surface area contributed by atoms with E-state index in [4.69, 9.17) is 9.84 Å². The van der Waals surface area contributed by atoms with Crippen molar-refractivity contribution in [3.8, 4) is 0 Å². The van der Waals surface area contributed by atoms with Crippen LogP contribution in [0.2, 0.25) is 0 Å². The van der Waals surface area contributed by atoms with Crippen LogP contribution in [-0.4, -0.2) is 54.8 Å². The van der Waals surface area contributed by atoms with E-state index in [2.05, 4.69) is 6.58 Å². The quantitative estimate of drug-likeness (QED) is 0.393. The van der Waals surface area contributed by atoms with E-state index in [1.165, 1.54) is 0 Å². The summed E-state index contributed by atoms with van der Waals surface area (Å²) in [5.74, 6) is -1.35. The zero-order valence-electron chi connectivity index (χ0n) is 9.40. The summed E-state index contributed by atoms with van der Waals surface area (Å²) in [5.41, 5.74) is 0. The largest absolute Gasteiger partial charge is 0.477 e. The molecule has 0 aliphatic carbocycles. The molecule has 0 saturated heterocycles. The van der Waals surface area contributed by atoms with E-state index in [1.807, 2.05) is 0 Å². The van der Waals surface area contributed by atoms with Gasteiger partial charge < -0.3 is 14.3 Å². The molecule has 0 aromatic rings. The number of quaternary nitrogens is 1. The van der Waals surface area contributed by atoms with Crippen molar-refractivity contribution >= 4 is 11.9 Å². The third-order valence-electron chi connectivity index (χ3n) is 2.48. The van der Waals surface area contributed by atoms with E-state index in [9.17, 15) is 9.59 Å². The summed E-state index contributed by atoms with van der Waals surface area (Å²) in [5, 5.41) is 8.83. The maximum atomic E-state index is 10.8. The Labute approximate surface area is 89.5 Å². The summed E-state index contributed by atoms with van der Waals surface area (Å²) < 4.78 is 5.06. The van der Waals surface area contributed by atoms with E-state index >= 15 is 0 Å². The molecular weight excluding hydrogens is 198 g/mol. The average Bonchev–Trinajstić information content (AvgIpc) is 2.15. The zero-order chi connectivity index (χ0) is 12.1. The molecule has 5 nitrogen and oxygen atoms in total. The fourth-order valence-electron chi connectivity index (χ4n) is 0.933. The predicted molar refractivity (Wildman–Crippen MR) is 55.2 cm³/mol. The van der Waals surface area contributed by atoms with Crippen molar-refractivity contribution in [3.05, 3.63) is 12.7 Å². The second-order valence-electron chi connectivity index (χ2n) is 3.89. The minimum absolute atomic E-state index is 0.190. The van der Waals surface area contributed by atoms with Crippen molar-refractivity contribution in [1.29, 1.82) is 0 Å². The minimum Gasteiger partial charge on any atom is -0.477 e. The van der Waals surface area contributed by atoms with Gasteiger partial charge in [0.2, 0.25) is 0 Å². The van der Waals surface area contributed by atoms with Gasteiger partial charge >= 0.3 is 11.9 Å². The van der Waals surface area contributed by atoms with Crippen LogP contribution in [0.5, 0.6) is 0 Å². The van der Waals surface area contributed by atoms with Crippen molar-refractivity contribution in [3.63, 3.8) is 0 Å². The lowest BCUT2D eigenvalue weighted by Crippen LogP contribution is -2.53. The van der Waals surface area contributed by atoms with Crippen molar-refractivity contribution in [2.75, 3.05) is 27.2 Å². The van der Waals surface area contributed by atoms with Crippen LogP contribution in [0.15, 0.2) is 12.7 Å². The summed E-state index contributed by atoms with van der Waals surface area (Å²) in [6.45, 7) is 5.53. The van der Waals surface area contributed by atoms with Crippen LogP contribution in [0.4, 0.5) is 0 Å². The van der Waals surface area contributed by atoms with Crippen LogP contribution in [0.1, 0.15) is 6.92 Å². The summed E-state index contributed by atoms with van der Waals surface area (Å²) in [6, 6.07) is -0.535. The van der Waals surface area contributed by atoms with Crippen molar-refractivity contribution in [2.45, 2.75) is 13.0 Å². The Morgan fingerprint density at radius 2 is 2.07 bits per heavy atom. The highest BCUT2D eigenvalue weighted by Gasteiger charge is 2.30. The zero-order valence-corrected chi connectivity index (χ0v) is 9.40. The number of hydrogen-bond donors (Lipinski definition) is 1. The molecule has 0 spiro atoms. The van der Waals surface area contributed by atoms with Gasteiger partial charge in [0.05, 0.1) is 14.1 Å². The lowest BCUT2D eigenvalue weighted by Gasteiger charge is -2.33. The molecule has 0 saturated carbocycles. The fourth-order valence-corrected chi connectivity index (χ4v) is 0.933. The number of rotatable bonds is 6. The van der Waals surface area contributed by atoms with Crippen molar-refractivity contribution in [1.82, 2.24) is 0 Å². The molecule has 15 heavy (non-hydrogen) atoms. The van der Waals surface area contributed by atoms with Gasteiger partial charge in [0.25, 0.3) is 0 Å². The first-order chi connectivity index (χ1) is 6.81.